The monoisotopic (exact) mass is 357 g/mol. The third-order valence-electron chi connectivity index (χ3n) is 3.75. The van der Waals surface area contributed by atoms with E-state index >= 15 is 0 Å². The molecule has 2 aromatic rings. The molecule has 0 aliphatic rings. The molecule has 0 spiro atoms. The zero-order chi connectivity index (χ0) is 18.4. The average molecular weight is 357 g/mol. The Kier molecular flexibility index (Phi) is 6.36. The first-order valence-corrected chi connectivity index (χ1v) is 8.26. The van der Waals surface area contributed by atoms with Gasteiger partial charge in [-0.15, -0.1) is 0 Å². The molecule has 0 unspecified atom stereocenters. The van der Waals surface area contributed by atoms with Crippen LogP contribution in [0.1, 0.15) is 23.6 Å². The van der Waals surface area contributed by atoms with Gasteiger partial charge in [0.1, 0.15) is 0 Å². The molecule has 0 heterocycles. The molecule has 0 saturated heterocycles. The molecule has 6 heteroatoms. The fourth-order valence-electron chi connectivity index (χ4n) is 2.39. The molecular formula is C19H23N3O2S. The molecule has 0 aliphatic carbocycles. The van der Waals surface area contributed by atoms with Gasteiger partial charge in [0, 0.05) is 17.3 Å². The van der Waals surface area contributed by atoms with Crippen molar-refractivity contribution in [2.45, 2.75) is 20.8 Å². The van der Waals surface area contributed by atoms with Crippen LogP contribution in [0.15, 0.2) is 41.5 Å². The van der Waals surface area contributed by atoms with Gasteiger partial charge in [-0.25, -0.2) is 0 Å². The van der Waals surface area contributed by atoms with Gasteiger partial charge < -0.3 is 14.8 Å². The number of hydrogen-bond donors (Lipinski definition) is 2. The smallest absolute Gasteiger partial charge is 0.191 e. The topological polar surface area (TPSA) is 54.9 Å². The van der Waals surface area contributed by atoms with Crippen LogP contribution in [0.25, 0.3) is 0 Å². The van der Waals surface area contributed by atoms with Gasteiger partial charge in [-0.05, 0) is 56.8 Å². The van der Waals surface area contributed by atoms with Crippen molar-refractivity contribution in [1.82, 2.24) is 5.43 Å². The summed E-state index contributed by atoms with van der Waals surface area (Å²) in [6.45, 7) is 6.08. The Bertz CT molecular complexity index is 803. The number of methoxy groups -OCH3 is 2. The van der Waals surface area contributed by atoms with E-state index in [1.807, 2.05) is 25.1 Å². The molecule has 2 rings (SSSR count). The summed E-state index contributed by atoms with van der Waals surface area (Å²) in [4.78, 5) is 0. The van der Waals surface area contributed by atoms with E-state index in [2.05, 4.69) is 47.9 Å². The molecule has 0 aliphatic heterocycles. The molecule has 2 N–H and O–H groups in total. The molecule has 0 fully saturated rings. The Hall–Kier alpha value is -2.60. The lowest BCUT2D eigenvalue weighted by Gasteiger charge is -2.12. The number of thiocarbonyl (C=S) groups is 1. The predicted molar refractivity (Wildman–Crippen MR) is 107 cm³/mol. The van der Waals surface area contributed by atoms with E-state index in [0.29, 0.717) is 16.6 Å². The lowest BCUT2D eigenvalue weighted by Crippen LogP contribution is -2.25. The van der Waals surface area contributed by atoms with E-state index < -0.39 is 0 Å². The van der Waals surface area contributed by atoms with Crippen molar-refractivity contribution < 1.29 is 9.47 Å². The van der Waals surface area contributed by atoms with E-state index in [1.54, 1.807) is 14.2 Å². The molecule has 0 saturated carbocycles. The Morgan fingerprint density at radius 2 is 1.72 bits per heavy atom. The molecule has 0 radical (unpaired) electrons. The predicted octanol–water partition coefficient (Wildman–Crippen LogP) is 4.03. The van der Waals surface area contributed by atoms with Crippen LogP contribution in [0.3, 0.4) is 0 Å². The van der Waals surface area contributed by atoms with E-state index in [0.717, 1.165) is 17.0 Å². The normalized spacial score (nSPS) is 11.0. The number of anilines is 1. The minimum absolute atomic E-state index is 0.400. The molecule has 2 aromatic carbocycles. The summed E-state index contributed by atoms with van der Waals surface area (Å²) in [5.74, 6) is 1.29. The van der Waals surface area contributed by atoms with E-state index in [1.165, 1.54) is 11.1 Å². The van der Waals surface area contributed by atoms with E-state index in [9.17, 15) is 0 Å². The van der Waals surface area contributed by atoms with Gasteiger partial charge in [0.15, 0.2) is 16.6 Å². The number of hydrazone groups is 1. The summed E-state index contributed by atoms with van der Waals surface area (Å²) in [5, 5.41) is 7.85. The van der Waals surface area contributed by atoms with Crippen molar-refractivity contribution in [2.24, 2.45) is 5.10 Å². The fourth-order valence-corrected chi connectivity index (χ4v) is 2.56. The zero-order valence-corrected chi connectivity index (χ0v) is 16.0. The maximum Gasteiger partial charge on any atom is 0.191 e. The van der Waals surface area contributed by atoms with Gasteiger partial charge in [-0.3, -0.25) is 5.43 Å². The van der Waals surface area contributed by atoms with Crippen molar-refractivity contribution in [2.75, 3.05) is 19.5 Å². The molecule has 25 heavy (non-hydrogen) atoms. The Morgan fingerprint density at radius 1 is 1.00 bits per heavy atom. The number of nitrogens with one attached hydrogen (secondary N) is 2. The summed E-state index contributed by atoms with van der Waals surface area (Å²) in [6, 6.07) is 11.8. The lowest BCUT2D eigenvalue weighted by atomic mass is 10.0. The van der Waals surface area contributed by atoms with Gasteiger partial charge in [0.05, 0.1) is 19.9 Å². The SMILES string of the molecule is COc1ccc(NC(=S)N/N=C(/C)c2cc(C)ccc2C)cc1OC. The van der Waals surface area contributed by atoms with Crippen LogP contribution in [-0.4, -0.2) is 25.0 Å². The highest BCUT2D eigenvalue weighted by molar-refractivity contribution is 7.80. The lowest BCUT2D eigenvalue weighted by molar-refractivity contribution is 0.355. The highest BCUT2D eigenvalue weighted by Gasteiger charge is 2.06. The van der Waals surface area contributed by atoms with E-state index in [-0.39, 0.29) is 0 Å². The Labute approximate surface area is 154 Å². The number of hydrogen-bond acceptors (Lipinski definition) is 4. The van der Waals surface area contributed by atoms with Crippen LogP contribution in [0.5, 0.6) is 11.5 Å². The number of benzene rings is 2. The van der Waals surface area contributed by atoms with Crippen molar-refractivity contribution >= 4 is 28.7 Å². The highest BCUT2D eigenvalue weighted by Crippen LogP contribution is 2.29. The fraction of sp³-hybridized carbons (Fsp3) is 0.263. The number of nitrogens with zero attached hydrogens (tertiary/aromatic N) is 1. The molecule has 0 amide bonds. The van der Waals surface area contributed by atoms with Crippen molar-refractivity contribution in [3.8, 4) is 11.5 Å². The molecule has 5 nitrogen and oxygen atoms in total. The molecule has 132 valence electrons. The molecule has 0 aromatic heterocycles. The zero-order valence-electron chi connectivity index (χ0n) is 15.1. The van der Waals surface area contributed by atoms with Gasteiger partial charge in [-0.1, -0.05) is 17.7 Å². The first kappa shape index (κ1) is 18.7. The summed E-state index contributed by atoms with van der Waals surface area (Å²) >= 11 is 5.30. The summed E-state index contributed by atoms with van der Waals surface area (Å²) in [7, 11) is 3.19. The van der Waals surface area contributed by atoms with Crippen LogP contribution >= 0.6 is 12.2 Å². The number of ether oxygens (including phenoxy) is 2. The van der Waals surface area contributed by atoms with E-state index in [4.69, 9.17) is 21.7 Å². The van der Waals surface area contributed by atoms with Gasteiger partial charge in [0.25, 0.3) is 0 Å². The molecule has 0 atom stereocenters. The first-order valence-electron chi connectivity index (χ1n) is 7.85. The van der Waals surface area contributed by atoms with Gasteiger partial charge in [0.2, 0.25) is 0 Å². The Balaban J connectivity index is 2.06. The van der Waals surface area contributed by atoms with Gasteiger partial charge >= 0.3 is 0 Å². The second-order valence-corrected chi connectivity index (χ2v) is 6.06. The van der Waals surface area contributed by atoms with Crippen LogP contribution in [0.2, 0.25) is 0 Å². The minimum Gasteiger partial charge on any atom is -0.493 e. The van der Waals surface area contributed by atoms with Crippen molar-refractivity contribution in [3.63, 3.8) is 0 Å². The standard InChI is InChI=1S/C19H23N3O2S/c1-12-6-7-13(2)16(10-12)14(3)21-22-19(25)20-15-8-9-17(23-4)18(11-15)24-5/h6-11H,1-5H3,(H2,20,22,25)/b21-14-. The quantitative estimate of drug-likeness (QED) is 0.481. The van der Waals surface area contributed by atoms with Crippen LogP contribution in [0, 0.1) is 13.8 Å². The average Bonchev–Trinajstić information content (AvgIpc) is 2.61. The Morgan fingerprint density at radius 3 is 2.40 bits per heavy atom. The molecular weight excluding hydrogens is 334 g/mol. The second kappa shape index (κ2) is 8.48. The largest absolute Gasteiger partial charge is 0.493 e. The third kappa shape index (κ3) is 4.93. The van der Waals surface area contributed by atoms with Crippen LogP contribution in [-0.2, 0) is 0 Å². The third-order valence-corrected chi connectivity index (χ3v) is 3.94. The summed E-state index contributed by atoms with van der Waals surface area (Å²) in [5.41, 5.74) is 8.01. The maximum absolute atomic E-state index is 5.30. The molecule has 0 bridgehead atoms. The van der Waals surface area contributed by atoms with Crippen molar-refractivity contribution in [3.05, 3.63) is 53.1 Å². The highest BCUT2D eigenvalue weighted by atomic mass is 32.1. The van der Waals surface area contributed by atoms with Crippen LogP contribution < -0.4 is 20.2 Å². The van der Waals surface area contributed by atoms with Crippen LogP contribution in [0.4, 0.5) is 5.69 Å². The maximum atomic E-state index is 5.30. The van der Waals surface area contributed by atoms with Gasteiger partial charge in [-0.2, -0.15) is 5.10 Å². The number of rotatable bonds is 5. The summed E-state index contributed by atoms with van der Waals surface area (Å²) < 4.78 is 10.5. The van der Waals surface area contributed by atoms with Crippen molar-refractivity contribution in [1.29, 1.82) is 0 Å². The minimum atomic E-state index is 0.400. The second-order valence-electron chi connectivity index (χ2n) is 5.65. The first-order chi connectivity index (χ1) is 11.9. The number of aryl methyl sites for hydroxylation is 2. The summed E-state index contributed by atoms with van der Waals surface area (Å²) in [6.07, 6.45) is 0.